The molecule has 1 aromatic rings. The molecule has 0 radical (unpaired) electrons. The minimum atomic E-state index is -0.542. The molecule has 0 amide bonds. The maximum Gasteiger partial charge on any atom is 0.0964 e. The predicted molar refractivity (Wildman–Crippen MR) is 66.8 cm³/mol. The molecule has 18 heavy (non-hydrogen) atoms. The third-order valence-electron chi connectivity index (χ3n) is 3.46. The van der Waals surface area contributed by atoms with Gasteiger partial charge in [-0.05, 0) is 12.8 Å². The summed E-state index contributed by atoms with van der Waals surface area (Å²) in [6.45, 7) is 1.75. The van der Waals surface area contributed by atoms with Gasteiger partial charge >= 0.3 is 0 Å². The van der Waals surface area contributed by atoms with Crippen LogP contribution in [0.25, 0.3) is 0 Å². The molecule has 1 fully saturated rings. The molecule has 0 unspecified atom stereocenters. The summed E-state index contributed by atoms with van der Waals surface area (Å²) in [4.78, 5) is 0. The van der Waals surface area contributed by atoms with E-state index in [0.717, 1.165) is 31.4 Å². The molecular formula is C12H22N4O2. The van der Waals surface area contributed by atoms with E-state index in [4.69, 9.17) is 5.11 Å². The van der Waals surface area contributed by atoms with Gasteiger partial charge in [0.1, 0.15) is 0 Å². The van der Waals surface area contributed by atoms with Gasteiger partial charge in [-0.1, -0.05) is 24.5 Å². The number of hydrogen-bond acceptors (Lipinski definition) is 5. The Bertz CT molecular complexity index is 361. The minimum Gasteiger partial charge on any atom is -0.394 e. The summed E-state index contributed by atoms with van der Waals surface area (Å²) in [6.07, 6.45) is 7.05. The van der Waals surface area contributed by atoms with Crippen LogP contribution in [0.15, 0.2) is 6.20 Å². The van der Waals surface area contributed by atoms with E-state index in [1.54, 1.807) is 4.68 Å². The fourth-order valence-corrected chi connectivity index (χ4v) is 2.44. The highest BCUT2D eigenvalue weighted by Gasteiger charge is 2.28. The Morgan fingerprint density at radius 3 is 2.83 bits per heavy atom. The monoisotopic (exact) mass is 254 g/mol. The van der Waals surface area contributed by atoms with Gasteiger partial charge < -0.3 is 15.5 Å². The Labute approximate surface area is 107 Å². The van der Waals surface area contributed by atoms with E-state index in [1.807, 2.05) is 6.20 Å². The normalized spacial score (nSPS) is 19.0. The molecule has 1 aliphatic rings. The number of aromatic nitrogens is 3. The van der Waals surface area contributed by atoms with Gasteiger partial charge in [-0.2, -0.15) is 0 Å². The van der Waals surface area contributed by atoms with Gasteiger partial charge in [-0.3, -0.25) is 0 Å². The zero-order valence-corrected chi connectivity index (χ0v) is 10.7. The average molecular weight is 254 g/mol. The Kier molecular flexibility index (Phi) is 4.68. The Hall–Kier alpha value is -0.980. The molecule has 1 aliphatic carbocycles. The highest BCUT2D eigenvalue weighted by Crippen LogP contribution is 2.27. The molecule has 3 N–H and O–H groups in total. The number of nitrogens with one attached hydrogen (secondary N) is 1. The van der Waals surface area contributed by atoms with Crippen molar-refractivity contribution in [2.24, 2.45) is 0 Å². The molecule has 102 valence electrons. The van der Waals surface area contributed by atoms with E-state index in [-0.39, 0.29) is 6.61 Å². The van der Waals surface area contributed by atoms with Gasteiger partial charge in [0, 0.05) is 19.3 Å². The standard InChI is InChI=1S/C12H22N4O2/c17-7-6-16-9-11(14-15-16)8-13-10-12(18)4-2-1-3-5-12/h9,13,17-18H,1-8,10H2. The Balaban J connectivity index is 1.73. The SMILES string of the molecule is OCCn1cc(CNCC2(O)CCCCC2)nn1. The zero-order valence-electron chi connectivity index (χ0n) is 10.7. The van der Waals surface area contributed by atoms with Crippen molar-refractivity contribution >= 4 is 0 Å². The average Bonchev–Trinajstić information content (AvgIpc) is 2.78. The Morgan fingerprint density at radius 1 is 1.33 bits per heavy atom. The van der Waals surface area contributed by atoms with Crippen LogP contribution >= 0.6 is 0 Å². The summed E-state index contributed by atoms with van der Waals surface area (Å²) >= 11 is 0. The van der Waals surface area contributed by atoms with Crippen molar-refractivity contribution in [2.45, 2.75) is 50.8 Å². The van der Waals surface area contributed by atoms with Crippen molar-refractivity contribution in [1.82, 2.24) is 20.3 Å². The summed E-state index contributed by atoms with van der Waals surface area (Å²) in [7, 11) is 0. The Morgan fingerprint density at radius 2 is 2.11 bits per heavy atom. The summed E-state index contributed by atoms with van der Waals surface area (Å²) in [5, 5.41) is 30.2. The lowest BCUT2D eigenvalue weighted by molar-refractivity contribution is 0.00462. The van der Waals surface area contributed by atoms with Crippen LogP contribution in [0.4, 0.5) is 0 Å². The smallest absolute Gasteiger partial charge is 0.0964 e. The molecule has 0 aliphatic heterocycles. The lowest BCUT2D eigenvalue weighted by atomic mass is 9.85. The number of aliphatic hydroxyl groups is 2. The molecule has 1 aromatic heterocycles. The lowest BCUT2D eigenvalue weighted by Crippen LogP contribution is -2.41. The second-order valence-corrected chi connectivity index (χ2v) is 5.09. The topological polar surface area (TPSA) is 83.2 Å². The van der Waals surface area contributed by atoms with Crippen molar-refractivity contribution < 1.29 is 10.2 Å². The molecule has 0 saturated heterocycles. The van der Waals surface area contributed by atoms with Gasteiger partial charge in [-0.15, -0.1) is 5.10 Å². The molecular weight excluding hydrogens is 232 g/mol. The summed E-state index contributed by atoms with van der Waals surface area (Å²) in [5.41, 5.74) is 0.294. The van der Waals surface area contributed by atoms with Crippen LogP contribution in [0.3, 0.4) is 0 Å². The van der Waals surface area contributed by atoms with Crippen molar-refractivity contribution in [1.29, 1.82) is 0 Å². The van der Waals surface area contributed by atoms with E-state index in [2.05, 4.69) is 15.6 Å². The van der Waals surface area contributed by atoms with Gasteiger partial charge in [0.15, 0.2) is 0 Å². The van der Waals surface area contributed by atoms with Crippen LogP contribution in [0.5, 0.6) is 0 Å². The van der Waals surface area contributed by atoms with Crippen LogP contribution in [0.2, 0.25) is 0 Å². The third-order valence-corrected chi connectivity index (χ3v) is 3.46. The van der Waals surface area contributed by atoms with E-state index in [0.29, 0.717) is 19.6 Å². The number of hydrogen-bond donors (Lipinski definition) is 3. The maximum absolute atomic E-state index is 10.3. The van der Waals surface area contributed by atoms with Crippen LogP contribution in [0.1, 0.15) is 37.8 Å². The quantitative estimate of drug-likeness (QED) is 0.668. The molecule has 6 heteroatoms. The molecule has 0 bridgehead atoms. The van der Waals surface area contributed by atoms with Crippen LogP contribution < -0.4 is 5.32 Å². The fourth-order valence-electron chi connectivity index (χ4n) is 2.44. The first-order valence-corrected chi connectivity index (χ1v) is 6.65. The number of rotatable bonds is 6. The van der Waals surface area contributed by atoms with Gasteiger partial charge in [-0.25, -0.2) is 4.68 Å². The largest absolute Gasteiger partial charge is 0.394 e. The molecule has 0 spiro atoms. The second-order valence-electron chi connectivity index (χ2n) is 5.09. The minimum absolute atomic E-state index is 0.0655. The molecule has 1 saturated carbocycles. The predicted octanol–water partition coefficient (Wildman–Crippen LogP) is 0.0552. The first-order chi connectivity index (χ1) is 8.72. The summed E-state index contributed by atoms with van der Waals surface area (Å²) < 4.78 is 1.62. The summed E-state index contributed by atoms with van der Waals surface area (Å²) in [6, 6.07) is 0. The lowest BCUT2D eigenvalue weighted by Gasteiger charge is -2.32. The molecule has 0 aromatic carbocycles. The van der Waals surface area contributed by atoms with Crippen molar-refractivity contribution in [3.63, 3.8) is 0 Å². The first kappa shape index (κ1) is 13.5. The van der Waals surface area contributed by atoms with Crippen molar-refractivity contribution in [2.75, 3.05) is 13.2 Å². The highest BCUT2D eigenvalue weighted by molar-refractivity contribution is 4.93. The highest BCUT2D eigenvalue weighted by atomic mass is 16.3. The first-order valence-electron chi connectivity index (χ1n) is 6.65. The van der Waals surface area contributed by atoms with Crippen LogP contribution in [-0.4, -0.2) is 44.0 Å². The van der Waals surface area contributed by atoms with Crippen molar-refractivity contribution in [3.8, 4) is 0 Å². The molecule has 2 rings (SSSR count). The van der Waals surface area contributed by atoms with E-state index in [9.17, 15) is 5.11 Å². The molecule has 1 heterocycles. The van der Waals surface area contributed by atoms with E-state index >= 15 is 0 Å². The van der Waals surface area contributed by atoms with Crippen molar-refractivity contribution in [3.05, 3.63) is 11.9 Å². The molecule has 6 nitrogen and oxygen atoms in total. The van der Waals surface area contributed by atoms with Gasteiger partial charge in [0.25, 0.3) is 0 Å². The van der Waals surface area contributed by atoms with Gasteiger partial charge in [0.2, 0.25) is 0 Å². The van der Waals surface area contributed by atoms with Crippen LogP contribution in [0, 0.1) is 0 Å². The zero-order chi connectivity index (χ0) is 12.8. The van der Waals surface area contributed by atoms with E-state index in [1.165, 1.54) is 6.42 Å². The fraction of sp³-hybridized carbons (Fsp3) is 0.833. The maximum atomic E-state index is 10.3. The van der Waals surface area contributed by atoms with Gasteiger partial charge in [0.05, 0.1) is 24.4 Å². The van der Waals surface area contributed by atoms with Crippen LogP contribution in [-0.2, 0) is 13.1 Å². The molecule has 0 atom stereocenters. The van der Waals surface area contributed by atoms with E-state index < -0.39 is 5.60 Å². The number of aliphatic hydroxyl groups excluding tert-OH is 1. The second kappa shape index (κ2) is 6.26. The summed E-state index contributed by atoms with van der Waals surface area (Å²) in [5.74, 6) is 0. The third kappa shape index (κ3) is 3.76. The number of nitrogens with zero attached hydrogens (tertiary/aromatic N) is 3.